The molecule has 2 unspecified atom stereocenters. The van der Waals surface area contributed by atoms with Gasteiger partial charge in [0.05, 0.1) is 18.6 Å². The third-order valence-corrected chi connectivity index (χ3v) is 3.48. The van der Waals surface area contributed by atoms with Crippen LogP contribution in [0, 0.1) is 0 Å². The lowest BCUT2D eigenvalue weighted by Crippen LogP contribution is -2.40. The van der Waals surface area contributed by atoms with Crippen LogP contribution in [0.4, 0.5) is 0 Å². The predicted octanol–water partition coefficient (Wildman–Crippen LogP) is 3.18. The van der Waals surface area contributed by atoms with Crippen LogP contribution in [-0.4, -0.2) is 24.0 Å². The third-order valence-electron chi connectivity index (χ3n) is 3.48. The van der Waals surface area contributed by atoms with E-state index in [1.807, 2.05) is 12.3 Å². The van der Waals surface area contributed by atoms with Crippen molar-refractivity contribution in [3.63, 3.8) is 0 Å². The van der Waals surface area contributed by atoms with Gasteiger partial charge in [0, 0.05) is 18.2 Å². The molecular weight excluding hydrogens is 212 g/mol. The Morgan fingerprint density at radius 1 is 1.41 bits per heavy atom. The highest BCUT2D eigenvalue weighted by Gasteiger charge is 2.23. The fraction of sp³-hybridized carbons (Fsp3) is 0.714. The van der Waals surface area contributed by atoms with E-state index >= 15 is 0 Å². The van der Waals surface area contributed by atoms with Gasteiger partial charge in [0.15, 0.2) is 0 Å². The van der Waals surface area contributed by atoms with Gasteiger partial charge in [0.25, 0.3) is 0 Å². The van der Waals surface area contributed by atoms with Crippen molar-refractivity contribution in [2.75, 3.05) is 13.1 Å². The molecule has 1 aromatic rings. The van der Waals surface area contributed by atoms with Crippen molar-refractivity contribution in [3.05, 3.63) is 24.2 Å². The molecule has 98 valence electrons. The summed E-state index contributed by atoms with van der Waals surface area (Å²) in [4.78, 5) is 2.51. The van der Waals surface area contributed by atoms with E-state index < -0.39 is 0 Å². The zero-order valence-electron chi connectivity index (χ0n) is 11.4. The van der Waals surface area contributed by atoms with Crippen molar-refractivity contribution in [2.24, 2.45) is 5.73 Å². The summed E-state index contributed by atoms with van der Waals surface area (Å²) < 4.78 is 5.18. The van der Waals surface area contributed by atoms with Crippen LogP contribution in [0.2, 0.25) is 0 Å². The first kappa shape index (κ1) is 14.3. The van der Waals surface area contributed by atoms with Gasteiger partial charge in [0.1, 0.15) is 0 Å². The summed E-state index contributed by atoms with van der Waals surface area (Å²) in [5.74, 6) is 0. The van der Waals surface area contributed by atoms with Crippen LogP contribution in [0.25, 0.3) is 0 Å². The molecular formula is C14H26N2O. The van der Waals surface area contributed by atoms with E-state index in [2.05, 4.69) is 25.7 Å². The predicted molar refractivity (Wildman–Crippen MR) is 71.9 cm³/mol. The standard InChI is InChI=1S/C14H26N2O/c1-4-6-8-16(12(3)5-2)14(10-15)13-7-9-17-11-13/h7,9,11-12,14H,4-6,8,10,15H2,1-3H3. The number of nitrogens with zero attached hydrogens (tertiary/aromatic N) is 1. The van der Waals surface area contributed by atoms with Gasteiger partial charge in [-0.1, -0.05) is 20.3 Å². The number of furan rings is 1. The Hall–Kier alpha value is -0.800. The molecule has 2 N–H and O–H groups in total. The van der Waals surface area contributed by atoms with Crippen molar-refractivity contribution in [1.82, 2.24) is 4.90 Å². The lowest BCUT2D eigenvalue weighted by Gasteiger charge is -2.35. The van der Waals surface area contributed by atoms with Crippen LogP contribution in [-0.2, 0) is 0 Å². The highest BCUT2D eigenvalue weighted by atomic mass is 16.3. The van der Waals surface area contributed by atoms with Gasteiger partial charge >= 0.3 is 0 Å². The van der Waals surface area contributed by atoms with E-state index in [4.69, 9.17) is 10.2 Å². The fourth-order valence-electron chi connectivity index (χ4n) is 2.19. The molecule has 0 saturated heterocycles. The number of rotatable bonds is 8. The highest BCUT2D eigenvalue weighted by Crippen LogP contribution is 2.24. The van der Waals surface area contributed by atoms with Crippen molar-refractivity contribution in [2.45, 2.75) is 52.1 Å². The lowest BCUT2D eigenvalue weighted by molar-refractivity contribution is 0.140. The maximum Gasteiger partial charge on any atom is 0.0950 e. The summed E-state index contributed by atoms with van der Waals surface area (Å²) in [7, 11) is 0. The number of hydrogen-bond acceptors (Lipinski definition) is 3. The molecule has 3 nitrogen and oxygen atoms in total. The van der Waals surface area contributed by atoms with E-state index in [0.29, 0.717) is 12.6 Å². The van der Waals surface area contributed by atoms with Crippen molar-refractivity contribution >= 4 is 0 Å². The molecule has 3 heteroatoms. The molecule has 0 aliphatic rings. The van der Waals surface area contributed by atoms with E-state index in [0.717, 1.165) is 13.0 Å². The minimum absolute atomic E-state index is 0.287. The molecule has 0 aliphatic carbocycles. The van der Waals surface area contributed by atoms with Crippen LogP contribution in [0.15, 0.2) is 23.0 Å². The fourth-order valence-corrected chi connectivity index (χ4v) is 2.19. The van der Waals surface area contributed by atoms with Crippen LogP contribution in [0.3, 0.4) is 0 Å². The zero-order chi connectivity index (χ0) is 12.7. The van der Waals surface area contributed by atoms with Crippen molar-refractivity contribution in [3.8, 4) is 0 Å². The smallest absolute Gasteiger partial charge is 0.0950 e. The second kappa shape index (κ2) is 7.51. The van der Waals surface area contributed by atoms with Crippen LogP contribution in [0.1, 0.15) is 51.6 Å². The lowest BCUT2D eigenvalue weighted by atomic mass is 10.0. The summed E-state index contributed by atoms with van der Waals surface area (Å²) in [6.45, 7) is 8.49. The van der Waals surface area contributed by atoms with Gasteiger partial charge < -0.3 is 10.2 Å². The summed E-state index contributed by atoms with van der Waals surface area (Å²) in [6.07, 6.45) is 7.14. The normalized spacial score (nSPS) is 15.1. The summed E-state index contributed by atoms with van der Waals surface area (Å²) in [6, 6.07) is 2.87. The monoisotopic (exact) mass is 238 g/mol. The van der Waals surface area contributed by atoms with E-state index in [1.54, 1.807) is 6.26 Å². The summed E-state index contributed by atoms with van der Waals surface area (Å²) in [5, 5.41) is 0. The molecule has 0 saturated carbocycles. The maximum atomic E-state index is 5.95. The molecule has 0 amide bonds. The Morgan fingerprint density at radius 2 is 2.18 bits per heavy atom. The topological polar surface area (TPSA) is 42.4 Å². The maximum absolute atomic E-state index is 5.95. The van der Waals surface area contributed by atoms with E-state index in [-0.39, 0.29) is 6.04 Å². The Bertz CT molecular complexity index is 284. The molecule has 1 aromatic heterocycles. The van der Waals surface area contributed by atoms with E-state index in [9.17, 15) is 0 Å². The van der Waals surface area contributed by atoms with Crippen LogP contribution in [0.5, 0.6) is 0 Å². The van der Waals surface area contributed by atoms with Crippen molar-refractivity contribution < 1.29 is 4.42 Å². The van der Waals surface area contributed by atoms with Gasteiger partial charge in [-0.25, -0.2) is 0 Å². The SMILES string of the molecule is CCCCN(C(C)CC)C(CN)c1ccoc1. The second-order valence-corrected chi connectivity index (χ2v) is 4.66. The number of hydrogen-bond donors (Lipinski definition) is 1. The number of unbranched alkanes of at least 4 members (excludes halogenated alkanes) is 1. The summed E-state index contributed by atoms with van der Waals surface area (Å²) in [5.41, 5.74) is 7.14. The quantitative estimate of drug-likeness (QED) is 0.756. The molecule has 17 heavy (non-hydrogen) atoms. The molecule has 2 atom stereocenters. The van der Waals surface area contributed by atoms with Crippen LogP contribution < -0.4 is 5.73 Å². The highest BCUT2D eigenvalue weighted by molar-refractivity contribution is 5.12. The minimum atomic E-state index is 0.287. The Balaban J connectivity index is 2.78. The molecule has 1 heterocycles. The van der Waals surface area contributed by atoms with Gasteiger partial charge in [-0.05, 0) is 32.4 Å². The molecule has 0 radical (unpaired) electrons. The Labute approximate surface area is 105 Å². The Morgan fingerprint density at radius 3 is 2.65 bits per heavy atom. The molecule has 0 aliphatic heterocycles. The van der Waals surface area contributed by atoms with Gasteiger partial charge in [-0.3, -0.25) is 4.90 Å². The molecule has 0 bridgehead atoms. The first-order valence-corrected chi connectivity index (χ1v) is 6.72. The zero-order valence-corrected chi connectivity index (χ0v) is 11.4. The average Bonchev–Trinajstić information content (AvgIpc) is 2.87. The average molecular weight is 238 g/mol. The number of nitrogens with two attached hydrogens (primary N) is 1. The largest absolute Gasteiger partial charge is 0.472 e. The first-order valence-electron chi connectivity index (χ1n) is 6.72. The molecule has 0 fully saturated rings. The van der Waals surface area contributed by atoms with E-state index in [1.165, 1.54) is 18.4 Å². The Kier molecular flexibility index (Phi) is 6.30. The first-order chi connectivity index (χ1) is 8.24. The van der Waals surface area contributed by atoms with Crippen molar-refractivity contribution in [1.29, 1.82) is 0 Å². The third kappa shape index (κ3) is 3.86. The minimum Gasteiger partial charge on any atom is -0.472 e. The molecule has 0 spiro atoms. The van der Waals surface area contributed by atoms with Crippen LogP contribution >= 0.6 is 0 Å². The summed E-state index contributed by atoms with van der Waals surface area (Å²) >= 11 is 0. The van der Waals surface area contributed by atoms with Gasteiger partial charge in [0.2, 0.25) is 0 Å². The van der Waals surface area contributed by atoms with Gasteiger partial charge in [-0.15, -0.1) is 0 Å². The second-order valence-electron chi connectivity index (χ2n) is 4.66. The molecule has 0 aromatic carbocycles. The molecule has 1 rings (SSSR count). The van der Waals surface area contributed by atoms with Gasteiger partial charge in [-0.2, -0.15) is 0 Å².